The van der Waals surface area contributed by atoms with E-state index in [0.717, 1.165) is 46.7 Å². The smallest absolute Gasteiger partial charge is 0.405 e. The molecule has 6 aromatic rings. The molecule has 14 nitrogen and oxygen atoms in total. The van der Waals surface area contributed by atoms with Gasteiger partial charge in [-0.1, -0.05) is 11.6 Å². The summed E-state index contributed by atoms with van der Waals surface area (Å²) in [6, 6.07) is 8.48. The molecule has 2 N–H and O–H groups in total. The first-order chi connectivity index (χ1) is 24.9. The number of rotatable bonds is 9. The minimum absolute atomic E-state index is 0.0162. The molecule has 53 heavy (non-hydrogen) atoms. The van der Waals surface area contributed by atoms with E-state index in [9.17, 15) is 45.5 Å². The molecule has 0 fully saturated rings. The van der Waals surface area contributed by atoms with Crippen molar-refractivity contribution in [1.29, 1.82) is 0 Å². The second kappa shape index (κ2) is 13.8. The first-order valence-electron chi connectivity index (χ1n) is 15.1. The van der Waals surface area contributed by atoms with E-state index in [1.54, 1.807) is 0 Å². The normalized spacial score (nSPS) is 12.2. The highest BCUT2D eigenvalue weighted by molar-refractivity contribution is 7.92. The Balaban J connectivity index is 1.66. The van der Waals surface area contributed by atoms with Gasteiger partial charge >= 0.3 is 6.09 Å². The van der Waals surface area contributed by atoms with Crippen molar-refractivity contribution in [3.8, 4) is 17.3 Å². The van der Waals surface area contributed by atoms with Crippen LogP contribution in [0.2, 0.25) is 5.02 Å². The Morgan fingerprint density at radius 3 is 2.32 bits per heavy atom. The summed E-state index contributed by atoms with van der Waals surface area (Å²) in [5.74, 6) is -6.34. The van der Waals surface area contributed by atoms with Gasteiger partial charge in [0.1, 0.15) is 23.3 Å². The number of hydrogen-bond donors (Lipinski definition) is 2. The quantitative estimate of drug-likeness (QED) is 0.178. The standard InChI is InChI=1S/C33H24ClF4N7O7S/c1-15(46)45(53(3,50)51)31-27-21(34)6-7-24(28(27)43(2)42-31)44-30(23(39-33(48)49)12-16-10-18(36)13-19(37)11-16)41-29-20(32(44)47)5-9-26(40-29)52-25-8-4-17(35)14-22(25)38/h4-11,13-14,23,39H,12H2,1-3H3,(H,48,49)/t23-/m0/s1. The molecule has 3 aromatic heterocycles. The number of anilines is 1. The maximum Gasteiger partial charge on any atom is 0.405 e. The van der Waals surface area contributed by atoms with Gasteiger partial charge in [-0.3, -0.25) is 18.8 Å². The summed E-state index contributed by atoms with van der Waals surface area (Å²) in [6.45, 7) is 0.988. The van der Waals surface area contributed by atoms with Crippen LogP contribution in [0, 0.1) is 23.3 Å². The van der Waals surface area contributed by atoms with Crippen LogP contribution in [-0.4, -0.2) is 56.1 Å². The van der Waals surface area contributed by atoms with E-state index in [4.69, 9.17) is 16.3 Å². The fraction of sp³-hybridized carbons (Fsp3) is 0.152. The third kappa shape index (κ3) is 7.20. The Morgan fingerprint density at radius 1 is 1.00 bits per heavy atom. The lowest BCUT2D eigenvalue weighted by Crippen LogP contribution is -2.35. The van der Waals surface area contributed by atoms with E-state index in [2.05, 4.69) is 20.4 Å². The second-order valence-electron chi connectivity index (χ2n) is 11.6. The van der Waals surface area contributed by atoms with Gasteiger partial charge in [0.05, 0.1) is 39.3 Å². The van der Waals surface area contributed by atoms with Crippen LogP contribution in [0.5, 0.6) is 11.6 Å². The highest BCUT2D eigenvalue weighted by Crippen LogP contribution is 2.38. The molecule has 6 rings (SSSR count). The molecule has 274 valence electrons. The largest absolute Gasteiger partial charge is 0.465 e. The van der Waals surface area contributed by atoms with E-state index in [0.29, 0.717) is 16.4 Å². The van der Waals surface area contributed by atoms with E-state index in [1.165, 1.54) is 31.3 Å². The minimum Gasteiger partial charge on any atom is -0.465 e. The summed E-state index contributed by atoms with van der Waals surface area (Å²) in [6.07, 6.45) is -1.33. The van der Waals surface area contributed by atoms with Gasteiger partial charge in [-0.15, -0.1) is 0 Å². The zero-order chi connectivity index (χ0) is 38.5. The number of pyridine rings is 1. The maximum atomic E-state index is 14.5. The number of nitrogens with one attached hydrogen (secondary N) is 1. The predicted molar refractivity (Wildman–Crippen MR) is 183 cm³/mol. The Morgan fingerprint density at radius 2 is 1.70 bits per heavy atom. The third-order valence-electron chi connectivity index (χ3n) is 7.76. The molecule has 1 atom stereocenters. The Kier molecular flexibility index (Phi) is 9.56. The van der Waals surface area contributed by atoms with Crippen molar-refractivity contribution >= 4 is 61.4 Å². The molecule has 2 amide bonds. The van der Waals surface area contributed by atoms with Crippen molar-refractivity contribution in [3.63, 3.8) is 0 Å². The summed E-state index contributed by atoms with van der Waals surface area (Å²) in [7, 11) is -2.90. The lowest BCUT2D eigenvalue weighted by Gasteiger charge is -2.22. The number of sulfonamides is 1. The van der Waals surface area contributed by atoms with Crippen LogP contribution in [-0.2, 0) is 28.3 Å². The van der Waals surface area contributed by atoms with Gasteiger partial charge in [-0.2, -0.15) is 14.4 Å². The van der Waals surface area contributed by atoms with Gasteiger partial charge < -0.3 is 15.2 Å². The van der Waals surface area contributed by atoms with Gasteiger partial charge in [-0.25, -0.2) is 35.8 Å². The molecule has 3 heterocycles. The Bertz CT molecular complexity index is 2650. The number of carbonyl (C=O) groups excluding carboxylic acids is 1. The van der Waals surface area contributed by atoms with Crippen LogP contribution in [0.15, 0.2) is 65.5 Å². The molecule has 0 aliphatic carbocycles. The monoisotopic (exact) mass is 773 g/mol. The number of hydrogen-bond acceptors (Lipinski definition) is 9. The molecule has 0 spiro atoms. The van der Waals surface area contributed by atoms with Crippen LogP contribution in [0.25, 0.3) is 27.6 Å². The van der Waals surface area contributed by atoms with E-state index in [-0.39, 0.29) is 44.1 Å². The SMILES string of the molecule is CC(=O)N(c1nn(C)c2c(-n3c([C@H](Cc4cc(F)cc(F)c4)NC(=O)O)nc4nc(Oc5ccc(F)cc5F)ccc4c3=O)ccc(Cl)c12)S(C)(=O)=O. The predicted octanol–water partition coefficient (Wildman–Crippen LogP) is 5.53. The number of amides is 2. The van der Waals surface area contributed by atoms with Crippen molar-refractivity contribution < 1.29 is 45.4 Å². The summed E-state index contributed by atoms with van der Waals surface area (Å²) < 4.78 is 89.9. The molecule has 0 radical (unpaired) electrons. The van der Waals surface area contributed by atoms with E-state index < -0.39 is 80.7 Å². The number of carboxylic acid groups (broad SMARTS) is 1. The van der Waals surface area contributed by atoms with Crippen LogP contribution in [0.3, 0.4) is 0 Å². The molecule has 3 aromatic carbocycles. The number of carbonyl (C=O) groups is 2. The van der Waals surface area contributed by atoms with E-state index in [1.807, 2.05) is 0 Å². The maximum absolute atomic E-state index is 14.5. The van der Waals surface area contributed by atoms with Gasteiger partial charge in [0.25, 0.3) is 5.56 Å². The lowest BCUT2D eigenvalue weighted by molar-refractivity contribution is -0.115. The highest BCUT2D eigenvalue weighted by atomic mass is 35.5. The first kappa shape index (κ1) is 36.7. The lowest BCUT2D eigenvalue weighted by atomic mass is 10.0. The fourth-order valence-electron chi connectivity index (χ4n) is 5.78. The zero-order valence-corrected chi connectivity index (χ0v) is 29.0. The van der Waals surface area contributed by atoms with E-state index >= 15 is 0 Å². The molecule has 0 saturated heterocycles. The number of aryl methyl sites for hydroxylation is 1. The summed E-state index contributed by atoms with van der Waals surface area (Å²) >= 11 is 6.56. The van der Waals surface area contributed by atoms with Crippen LogP contribution in [0.4, 0.5) is 28.2 Å². The number of aromatic nitrogens is 5. The number of benzene rings is 3. The van der Waals surface area contributed by atoms with Gasteiger partial charge in [0.15, 0.2) is 23.0 Å². The van der Waals surface area contributed by atoms with Gasteiger partial charge in [0, 0.05) is 38.6 Å². The topological polar surface area (TPSA) is 179 Å². The fourth-order valence-corrected chi connectivity index (χ4v) is 6.93. The molecule has 0 saturated carbocycles. The zero-order valence-electron chi connectivity index (χ0n) is 27.4. The molecule has 0 aliphatic rings. The average Bonchev–Trinajstić information content (AvgIpc) is 3.37. The second-order valence-corrected chi connectivity index (χ2v) is 13.8. The number of fused-ring (bicyclic) bond motifs is 2. The summed E-state index contributed by atoms with van der Waals surface area (Å²) in [4.78, 5) is 48.0. The Hall–Kier alpha value is -6.08. The van der Waals surface area contributed by atoms with Crippen molar-refractivity contribution in [3.05, 3.63) is 111 Å². The molecule has 0 unspecified atom stereocenters. The molecule has 0 bridgehead atoms. The molecular formula is C33H24ClF4N7O7S. The summed E-state index contributed by atoms with van der Waals surface area (Å²) in [5.41, 5.74) is -1.39. The molecule has 20 heteroatoms. The van der Waals surface area contributed by atoms with Gasteiger partial charge in [0.2, 0.25) is 21.8 Å². The number of ether oxygens (including phenoxy) is 1. The van der Waals surface area contributed by atoms with Crippen molar-refractivity contribution in [2.45, 2.75) is 19.4 Å². The summed E-state index contributed by atoms with van der Waals surface area (Å²) in [5, 5.41) is 15.9. The average molecular weight is 774 g/mol. The highest BCUT2D eigenvalue weighted by Gasteiger charge is 2.32. The number of nitrogens with zero attached hydrogens (tertiary/aromatic N) is 6. The molecular weight excluding hydrogens is 750 g/mol. The number of halogens is 5. The van der Waals surface area contributed by atoms with Crippen LogP contribution < -0.4 is 19.9 Å². The molecule has 0 aliphatic heterocycles. The first-order valence-corrected chi connectivity index (χ1v) is 17.3. The minimum atomic E-state index is -4.27. The van der Waals surface area contributed by atoms with Crippen molar-refractivity contribution in [2.75, 3.05) is 10.6 Å². The van der Waals surface area contributed by atoms with Crippen LogP contribution in [0.1, 0.15) is 24.4 Å². The van der Waals surface area contributed by atoms with Crippen LogP contribution >= 0.6 is 11.6 Å². The van der Waals surface area contributed by atoms with Gasteiger partial charge in [-0.05, 0) is 48.0 Å². The third-order valence-corrected chi connectivity index (χ3v) is 9.17. The van der Waals surface area contributed by atoms with Crippen molar-refractivity contribution in [2.24, 2.45) is 7.05 Å². The Labute approximate surface area is 300 Å². The van der Waals surface area contributed by atoms with Crippen molar-refractivity contribution in [1.82, 2.24) is 29.6 Å².